The van der Waals surface area contributed by atoms with E-state index in [2.05, 4.69) is 28.6 Å². The molecule has 7 heteroatoms. The Morgan fingerprint density at radius 1 is 1.14 bits per heavy atom. The molecule has 1 aromatic heterocycles. The first-order chi connectivity index (χ1) is 13.5. The van der Waals surface area contributed by atoms with Crippen molar-refractivity contribution in [2.24, 2.45) is 5.92 Å². The van der Waals surface area contributed by atoms with Gasteiger partial charge in [-0.2, -0.15) is 0 Å². The van der Waals surface area contributed by atoms with Crippen molar-refractivity contribution in [2.45, 2.75) is 58.9 Å². The molecule has 3 rings (SSSR count). The molecule has 7 nitrogen and oxygen atoms in total. The number of piperazine rings is 1. The van der Waals surface area contributed by atoms with Crippen LogP contribution >= 0.6 is 0 Å². The molecule has 2 fully saturated rings. The van der Waals surface area contributed by atoms with Crippen molar-refractivity contribution in [3.05, 3.63) is 22.1 Å². The first-order valence-electron chi connectivity index (χ1n) is 10.9. The van der Waals surface area contributed by atoms with Crippen LogP contribution in [0.5, 0.6) is 0 Å². The third kappa shape index (κ3) is 5.80. The molecule has 3 heterocycles. The molecule has 2 aliphatic rings. The number of H-pyrrole nitrogens is 1. The van der Waals surface area contributed by atoms with E-state index in [1.165, 1.54) is 12.8 Å². The maximum absolute atomic E-state index is 12.3. The second-order valence-electron chi connectivity index (χ2n) is 8.34. The van der Waals surface area contributed by atoms with Crippen LogP contribution in [0.15, 0.2) is 10.9 Å². The van der Waals surface area contributed by atoms with Gasteiger partial charge in [0.25, 0.3) is 5.56 Å². The van der Waals surface area contributed by atoms with E-state index in [0.717, 1.165) is 50.5 Å². The molecule has 2 saturated heterocycles. The molecule has 0 bridgehead atoms. The van der Waals surface area contributed by atoms with Crippen LogP contribution in [0.1, 0.15) is 58.1 Å². The summed E-state index contributed by atoms with van der Waals surface area (Å²) >= 11 is 0. The van der Waals surface area contributed by atoms with Gasteiger partial charge in [0, 0.05) is 45.2 Å². The standard InChI is InChI=1S/C21H35N5O2/c1-3-4-5-6-20(28)25-11-13-26(14-12-25)21-22-18(15-19(27)23-21)16-24-9-7-17(2)8-10-24/h15,17H,3-14,16H2,1-2H3,(H,22,23,27). The molecule has 0 aliphatic carbocycles. The lowest BCUT2D eigenvalue weighted by Gasteiger charge is -2.35. The van der Waals surface area contributed by atoms with Crippen LogP contribution in [0.3, 0.4) is 0 Å². The van der Waals surface area contributed by atoms with Crippen LogP contribution in [-0.2, 0) is 11.3 Å². The lowest BCUT2D eigenvalue weighted by Crippen LogP contribution is -2.49. The molecule has 0 spiro atoms. The number of unbranched alkanes of at least 4 members (excludes halogenated alkanes) is 2. The van der Waals surface area contributed by atoms with E-state index in [4.69, 9.17) is 4.98 Å². The Morgan fingerprint density at radius 3 is 2.54 bits per heavy atom. The molecule has 0 aromatic carbocycles. The second-order valence-corrected chi connectivity index (χ2v) is 8.34. The van der Waals surface area contributed by atoms with Crippen molar-refractivity contribution >= 4 is 11.9 Å². The second kappa shape index (κ2) is 10.0. The first kappa shape index (κ1) is 20.8. The van der Waals surface area contributed by atoms with Gasteiger partial charge in [-0.05, 0) is 38.3 Å². The van der Waals surface area contributed by atoms with Gasteiger partial charge in [-0.1, -0.05) is 26.7 Å². The Kier molecular flexibility index (Phi) is 7.48. The molecule has 1 amide bonds. The van der Waals surface area contributed by atoms with E-state index >= 15 is 0 Å². The summed E-state index contributed by atoms with van der Waals surface area (Å²) in [6.07, 6.45) is 6.29. The highest BCUT2D eigenvalue weighted by molar-refractivity contribution is 5.76. The summed E-state index contributed by atoms with van der Waals surface area (Å²) in [7, 11) is 0. The van der Waals surface area contributed by atoms with E-state index in [0.29, 0.717) is 38.5 Å². The van der Waals surface area contributed by atoms with Gasteiger partial charge in [-0.3, -0.25) is 19.5 Å². The smallest absolute Gasteiger partial charge is 0.252 e. The van der Waals surface area contributed by atoms with Crippen molar-refractivity contribution in [1.82, 2.24) is 19.8 Å². The lowest BCUT2D eigenvalue weighted by atomic mass is 9.99. The fourth-order valence-corrected chi connectivity index (χ4v) is 4.03. The van der Waals surface area contributed by atoms with E-state index < -0.39 is 0 Å². The maximum Gasteiger partial charge on any atom is 0.252 e. The average Bonchev–Trinajstić information content (AvgIpc) is 2.69. The molecule has 1 aromatic rings. The number of rotatable bonds is 7. The van der Waals surface area contributed by atoms with E-state index in [1.54, 1.807) is 6.07 Å². The van der Waals surface area contributed by atoms with Crippen molar-refractivity contribution < 1.29 is 4.79 Å². The fourth-order valence-electron chi connectivity index (χ4n) is 4.03. The Balaban J connectivity index is 1.55. The summed E-state index contributed by atoms with van der Waals surface area (Å²) in [4.78, 5) is 38.5. The molecular weight excluding hydrogens is 354 g/mol. The minimum absolute atomic E-state index is 0.0940. The van der Waals surface area contributed by atoms with Crippen LogP contribution in [0.25, 0.3) is 0 Å². The number of hydrogen-bond donors (Lipinski definition) is 1. The number of piperidine rings is 1. The first-order valence-corrected chi connectivity index (χ1v) is 10.9. The summed E-state index contributed by atoms with van der Waals surface area (Å²) in [6.45, 7) is 10.2. The molecule has 0 radical (unpaired) electrons. The normalized spacial score (nSPS) is 19.2. The molecule has 0 unspecified atom stereocenters. The Bertz CT molecular complexity index is 688. The average molecular weight is 390 g/mol. The summed E-state index contributed by atoms with van der Waals surface area (Å²) in [5.74, 6) is 1.69. The van der Waals surface area contributed by atoms with Crippen molar-refractivity contribution in [2.75, 3.05) is 44.2 Å². The number of likely N-dealkylation sites (tertiary alicyclic amines) is 1. The number of carbonyl (C=O) groups excluding carboxylic acids is 1. The number of carbonyl (C=O) groups is 1. The minimum atomic E-state index is -0.0940. The number of aromatic nitrogens is 2. The number of nitrogens with one attached hydrogen (secondary N) is 1. The largest absolute Gasteiger partial charge is 0.339 e. The van der Waals surface area contributed by atoms with Crippen molar-refractivity contribution in [3.8, 4) is 0 Å². The van der Waals surface area contributed by atoms with Gasteiger partial charge in [-0.25, -0.2) is 4.98 Å². The zero-order valence-corrected chi connectivity index (χ0v) is 17.5. The lowest BCUT2D eigenvalue weighted by molar-refractivity contribution is -0.131. The highest BCUT2D eigenvalue weighted by atomic mass is 16.2. The third-order valence-electron chi connectivity index (χ3n) is 5.97. The highest BCUT2D eigenvalue weighted by Crippen LogP contribution is 2.18. The van der Waals surface area contributed by atoms with Crippen LogP contribution in [-0.4, -0.2) is 64.9 Å². The van der Waals surface area contributed by atoms with Crippen molar-refractivity contribution in [3.63, 3.8) is 0 Å². The van der Waals surface area contributed by atoms with Gasteiger partial charge in [0.1, 0.15) is 0 Å². The summed E-state index contributed by atoms with van der Waals surface area (Å²) in [5.41, 5.74) is 0.745. The quantitative estimate of drug-likeness (QED) is 0.724. The Hall–Kier alpha value is -1.89. The van der Waals surface area contributed by atoms with Gasteiger partial charge in [0.05, 0.1) is 5.69 Å². The zero-order valence-electron chi connectivity index (χ0n) is 17.5. The fraction of sp³-hybridized carbons (Fsp3) is 0.762. The Labute approximate surface area is 168 Å². The predicted molar refractivity (Wildman–Crippen MR) is 111 cm³/mol. The van der Waals surface area contributed by atoms with Crippen LogP contribution in [0.4, 0.5) is 5.95 Å². The number of aromatic amines is 1. The van der Waals surface area contributed by atoms with Crippen LogP contribution in [0.2, 0.25) is 0 Å². The molecular formula is C21H35N5O2. The molecule has 156 valence electrons. The van der Waals surface area contributed by atoms with Crippen LogP contribution in [0, 0.1) is 5.92 Å². The molecule has 2 aliphatic heterocycles. The monoisotopic (exact) mass is 389 g/mol. The highest BCUT2D eigenvalue weighted by Gasteiger charge is 2.23. The van der Waals surface area contributed by atoms with Gasteiger partial charge < -0.3 is 9.80 Å². The maximum atomic E-state index is 12.3. The molecule has 0 saturated carbocycles. The molecule has 0 atom stereocenters. The molecule has 1 N–H and O–H groups in total. The predicted octanol–water partition coefficient (Wildman–Crippen LogP) is 2.23. The summed E-state index contributed by atoms with van der Waals surface area (Å²) in [5, 5.41) is 0. The summed E-state index contributed by atoms with van der Waals surface area (Å²) < 4.78 is 0. The van der Waals surface area contributed by atoms with Gasteiger partial charge in [-0.15, -0.1) is 0 Å². The topological polar surface area (TPSA) is 72.5 Å². The number of amides is 1. The SMILES string of the molecule is CCCCCC(=O)N1CCN(c2nc(CN3CCC(C)CC3)cc(=O)[nH]2)CC1. The van der Waals surface area contributed by atoms with E-state index in [-0.39, 0.29) is 11.5 Å². The number of nitrogens with zero attached hydrogens (tertiary/aromatic N) is 4. The third-order valence-corrected chi connectivity index (χ3v) is 5.97. The van der Waals surface area contributed by atoms with Gasteiger partial charge >= 0.3 is 0 Å². The number of anilines is 1. The van der Waals surface area contributed by atoms with Crippen molar-refractivity contribution in [1.29, 1.82) is 0 Å². The molecule has 28 heavy (non-hydrogen) atoms. The zero-order chi connectivity index (χ0) is 19.9. The van der Waals surface area contributed by atoms with Crippen LogP contribution < -0.4 is 10.5 Å². The van der Waals surface area contributed by atoms with Gasteiger partial charge in [0.2, 0.25) is 11.9 Å². The number of hydrogen-bond acceptors (Lipinski definition) is 5. The summed E-state index contributed by atoms with van der Waals surface area (Å²) in [6, 6.07) is 1.62. The van der Waals surface area contributed by atoms with Gasteiger partial charge in [0.15, 0.2) is 0 Å². The minimum Gasteiger partial charge on any atom is -0.339 e. The Morgan fingerprint density at radius 2 is 1.86 bits per heavy atom. The van der Waals surface area contributed by atoms with E-state index in [1.807, 2.05) is 4.90 Å². The van der Waals surface area contributed by atoms with E-state index in [9.17, 15) is 9.59 Å².